The van der Waals surface area contributed by atoms with Gasteiger partial charge >= 0.3 is 0 Å². The standard InChI is InChI=1S/C15H15FN2S/c1-11(12-7-9-13(16)10-8-12)17-15(19)18-14-5-3-2-4-6-14/h2-11H,1H3,(H2,17,18,19)/t11-/m0/s1. The average molecular weight is 274 g/mol. The molecule has 0 aromatic heterocycles. The van der Waals surface area contributed by atoms with Gasteiger partial charge in [-0.15, -0.1) is 0 Å². The molecule has 2 N–H and O–H groups in total. The summed E-state index contributed by atoms with van der Waals surface area (Å²) in [6, 6.07) is 16.1. The van der Waals surface area contributed by atoms with Crippen LogP contribution in [0, 0.1) is 5.82 Å². The number of nitrogens with one attached hydrogen (secondary N) is 2. The van der Waals surface area contributed by atoms with Crippen LogP contribution in [0.1, 0.15) is 18.5 Å². The highest BCUT2D eigenvalue weighted by Crippen LogP contribution is 2.13. The Hall–Kier alpha value is -1.94. The first-order valence-electron chi connectivity index (χ1n) is 6.03. The Morgan fingerprint density at radius 1 is 1.05 bits per heavy atom. The van der Waals surface area contributed by atoms with Crippen LogP contribution in [0.5, 0.6) is 0 Å². The molecule has 0 bridgehead atoms. The zero-order chi connectivity index (χ0) is 13.7. The first-order chi connectivity index (χ1) is 9.15. The molecule has 0 fully saturated rings. The summed E-state index contributed by atoms with van der Waals surface area (Å²) in [4.78, 5) is 0. The molecule has 2 nitrogen and oxygen atoms in total. The largest absolute Gasteiger partial charge is 0.356 e. The fourth-order valence-corrected chi connectivity index (χ4v) is 2.01. The second kappa shape index (κ2) is 6.29. The maximum absolute atomic E-state index is 12.8. The number of hydrogen-bond acceptors (Lipinski definition) is 1. The van der Waals surface area contributed by atoms with Crippen molar-refractivity contribution in [2.75, 3.05) is 5.32 Å². The summed E-state index contributed by atoms with van der Waals surface area (Å²) in [5, 5.41) is 6.81. The molecule has 2 rings (SSSR count). The summed E-state index contributed by atoms with van der Waals surface area (Å²) >= 11 is 5.24. The summed E-state index contributed by atoms with van der Waals surface area (Å²) in [6.45, 7) is 1.98. The summed E-state index contributed by atoms with van der Waals surface area (Å²) < 4.78 is 12.8. The van der Waals surface area contributed by atoms with Gasteiger partial charge in [-0.1, -0.05) is 30.3 Å². The third-order valence-corrected chi connectivity index (χ3v) is 2.97. The summed E-state index contributed by atoms with van der Waals surface area (Å²) in [5.74, 6) is -0.235. The van der Waals surface area contributed by atoms with Crippen molar-refractivity contribution in [1.29, 1.82) is 0 Å². The van der Waals surface area contributed by atoms with Crippen LogP contribution in [0.15, 0.2) is 54.6 Å². The lowest BCUT2D eigenvalue weighted by Gasteiger charge is -2.17. The molecule has 0 aliphatic heterocycles. The molecular weight excluding hydrogens is 259 g/mol. The SMILES string of the molecule is C[C@H](NC(=S)Nc1ccccc1)c1ccc(F)cc1. The van der Waals surface area contributed by atoms with Gasteiger partial charge in [-0.25, -0.2) is 4.39 Å². The van der Waals surface area contributed by atoms with Gasteiger partial charge in [-0.05, 0) is 49.0 Å². The van der Waals surface area contributed by atoms with E-state index in [0.29, 0.717) is 5.11 Å². The van der Waals surface area contributed by atoms with E-state index in [1.807, 2.05) is 37.3 Å². The Bertz CT molecular complexity index is 540. The van der Waals surface area contributed by atoms with E-state index in [4.69, 9.17) is 12.2 Å². The van der Waals surface area contributed by atoms with Crippen LogP contribution in [0.3, 0.4) is 0 Å². The molecule has 1 atom stereocenters. The van der Waals surface area contributed by atoms with Crippen LogP contribution in [-0.2, 0) is 0 Å². The van der Waals surface area contributed by atoms with Gasteiger partial charge in [0.15, 0.2) is 5.11 Å². The molecule has 0 saturated heterocycles. The van der Waals surface area contributed by atoms with Gasteiger partial charge in [0.1, 0.15) is 5.82 Å². The van der Waals surface area contributed by atoms with Gasteiger partial charge in [0.05, 0.1) is 6.04 Å². The van der Waals surface area contributed by atoms with Crippen molar-refractivity contribution in [1.82, 2.24) is 5.32 Å². The fourth-order valence-electron chi connectivity index (χ4n) is 1.72. The molecule has 0 saturated carbocycles. The van der Waals surface area contributed by atoms with E-state index >= 15 is 0 Å². The first kappa shape index (κ1) is 13.5. The number of benzene rings is 2. The number of thiocarbonyl (C=S) groups is 1. The molecule has 0 amide bonds. The quantitative estimate of drug-likeness (QED) is 0.831. The zero-order valence-electron chi connectivity index (χ0n) is 10.6. The van der Waals surface area contributed by atoms with Crippen LogP contribution < -0.4 is 10.6 Å². The smallest absolute Gasteiger partial charge is 0.171 e. The van der Waals surface area contributed by atoms with Crippen LogP contribution in [0.25, 0.3) is 0 Å². The predicted octanol–water partition coefficient (Wildman–Crippen LogP) is 3.87. The molecule has 0 unspecified atom stereocenters. The van der Waals surface area contributed by atoms with Crippen molar-refractivity contribution >= 4 is 23.0 Å². The van der Waals surface area contributed by atoms with E-state index in [2.05, 4.69) is 10.6 Å². The molecule has 0 spiro atoms. The third kappa shape index (κ3) is 4.03. The molecule has 98 valence electrons. The van der Waals surface area contributed by atoms with Crippen molar-refractivity contribution in [2.24, 2.45) is 0 Å². The number of anilines is 1. The van der Waals surface area contributed by atoms with E-state index in [0.717, 1.165) is 11.3 Å². The zero-order valence-corrected chi connectivity index (χ0v) is 11.4. The molecule has 4 heteroatoms. The predicted molar refractivity (Wildman–Crippen MR) is 80.6 cm³/mol. The molecule has 2 aromatic rings. The lowest BCUT2D eigenvalue weighted by Crippen LogP contribution is -2.30. The number of halogens is 1. The Kier molecular flexibility index (Phi) is 4.47. The highest BCUT2D eigenvalue weighted by atomic mass is 32.1. The minimum absolute atomic E-state index is 0.0179. The maximum Gasteiger partial charge on any atom is 0.171 e. The van der Waals surface area contributed by atoms with Crippen molar-refractivity contribution in [3.05, 3.63) is 66.0 Å². The van der Waals surface area contributed by atoms with Gasteiger partial charge in [0.2, 0.25) is 0 Å². The van der Waals surface area contributed by atoms with E-state index < -0.39 is 0 Å². The van der Waals surface area contributed by atoms with Crippen LogP contribution in [-0.4, -0.2) is 5.11 Å². The van der Waals surface area contributed by atoms with E-state index in [-0.39, 0.29) is 11.9 Å². The second-order valence-electron chi connectivity index (χ2n) is 4.24. The third-order valence-electron chi connectivity index (χ3n) is 2.75. The highest BCUT2D eigenvalue weighted by molar-refractivity contribution is 7.80. The number of para-hydroxylation sites is 1. The monoisotopic (exact) mass is 274 g/mol. The van der Waals surface area contributed by atoms with Gasteiger partial charge in [-0.2, -0.15) is 0 Å². The second-order valence-corrected chi connectivity index (χ2v) is 4.65. The Morgan fingerprint density at radius 2 is 1.68 bits per heavy atom. The van der Waals surface area contributed by atoms with Gasteiger partial charge in [0, 0.05) is 5.69 Å². The maximum atomic E-state index is 12.8. The lowest BCUT2D eigenvalue weighted by atomic mass is 10.1. The first-order valence-corrected chi connectivity index (χ1v) is 6.44. The normalized spacial score (nSPS) is 11.7. The van der Waals surface area contributed by atoms with Crippen LogP contribution >= 0.6 is 12.2 Å². The van der Waals surface area contributed by atoms with Gasteiger partial charge in [0.25, 0.3) is 0 Å². The van der Waals surface area contributed by atoms with E-state index in [9.17, 15) is 4.39 Å². The van der Waals surface area contributed by atoms with Gasteiger partial charge < -0.3 is 10.6 Å². The average Bonchev–Trinajstić information content (AvgIpc) is 2.40. The van der Waals surface area contributed by atoms with E-state index in [1.165, 1.54) is 12.1 Å². The number of rotatable bonds is 3. The van der Waals surface area contributed by atoms with Crippen molar-refractivity contribution in [2.45, 2.75) is 13.0 Å². The lowest BCUT2D eigenvalue weighted by molar-refractivity contribution is 0.624. The van der Waals surface area contributed by atoms with Crippen LogP contribution in [0.2, 0.25) is 0 Å². The fraction of sp³-hybridized carbons (Fsp3) is 0.133. The Labute approximate surface area is 117 Å². The Morgan fingerprint density at radius 3 is 2.32 bits per heavy atom. The minimum Gasteiger partial charge on any atom is -0.356 e. The van der Waals surface area contributed by atoms with Crippen molar-refractivity contribution < 1.29 is 4.39 Å². The van der Waals surface area contributed by atoms with Crippen LogP contribution in [0.4, 0.5) is 10.1 Å². The highest BCUT2D eigenvalue weighted by Gasteiger charge is 2.07. The van der Waals surface area contributed by atoms with Crippen molar-refractivity contribution in [3.8, 4) is 0 Å². The molecule has 0 aliphatic carbocycles. The Balaban J connectivity index is 1.93. The van der Waals surface area contributed by atoms with E-state index in [1.54, 1.807) is 12.1 Å². The summed E-state index contributed by atoms with van der Waals surface area (Å²) in [6.07, 6.45) is 0. The molecule has 19 heavy (non-hydrogen) atoms. The molecule has 0 heterocycles. The topological polar surface area (TPSA) is 24.1 Å². The minimum atomic E-state index is -0.235. The summed E-state index contributed by atoms with van der Waals surface area (Å²) in [7, 11) is 0. The molecule has 0 aliphatic rings. The summed E-state index contributed by atoms with van der Waals surface area (Å²) in [5.41, 5.74) is 1.92. The molecule has 2 aromatic carbocycles. The number of hydrogen-bond donors (Lipinski definition) is 2. The van der Waals surface area contributed by atoms with Crippen molar-refractivity contribution in [3.63, 3.8) is 0 Å². The molecular formula is C15H15FN2S. The molecule has 0 radical (unpaired) electrons. The van der Waals surface area contributed by atoms with Gasteiger partial charge in [-0.3, -0.25) is 0 Å².